The fourth-order valence-corrected chi connectivity index (χ4v) is 4.13. The first-order chi connectivity index (χ1) is 9.57. The van der Waals surface area contributed by atoms with Crippen molar-refractivity contribution < 1.29 is 8.42 Å². The number of anilines is 1. The Bertz CT molecular complexity index is 539. The number of hydrogen-bond donors (Lipinski definition) is 1. The molecule has 6 heteroatoms. The molecule has 0 unspecified atom stereocenters. The predicted octanol–water partition coefficient (Wildman–Crippen LogP) is 2.47. The molecule has 0 atom stereocenters. The fraction of sp³-hybridized carbons (Fsp3) is 0.643. The van der Waals surface area contributed by atoms with Gasteiger partial charge in [-0.25, -0.2) is 13.4 Å². The van der Waals surface area contributed by atoms with E-state index >= 15 is 0 Å². The summed E-state index contributed by atoms with van der Waals surface area (Å²) in [5.41, 5.74) is 0. The van der Waals surface area contributed by atoms with Gasteiger partial charge >= 0.3 is 0 Å². The quantitative estimate of drug-likeness (QED) is 0.876. The average Bonchev–Trinajstić information content (AvgIpc) is 2.98. The van der Waals surface area contributed by atoms with Crippen molar-refractivity contribution in [3.8, 4) is 0 Å². The molecule has 1 aliphatic rings. The standard InChI is InChI=1S/C14H23N3O2S/c1-3-10-15-14-13(9-6-11-16-14)20(18,19)17(2)12-7-4-5-8-12/h6,9,11-12H,3-5,7-8,10H2,1-2H3,(H,15,16). The third-order valence-electron chi connectivity index (χ3n) is 3.81. The highest BCUT2D eigenvalue weighted by Gasteiger charge is 2.31. The molecule has 0 radical (unpaired) electrons. The Hall–Kier alpha value is -1.14. The second-order valence-corrected chi connectivity index (χ2v) is 7.20. The largest absolute Gasteiger partial charge is 0.369 e. The van der Waals surface area contributed by atoms with E-state index in [1.807, 2.05) is 6.92 Å². The molecule has 0 saturated heterocycles. The lowest BCUT2D eigenvalue weighted by molar-refractivity contribution is 0.373. The molecule has 0 aromatic carbocycles. The zero-order chi connectivity index (χ0) is 14.6. The van der Waals surface area contributed by atoms with Gasteiger partial charge in [0.1, 0.15) is 10.7 Å². The zero-order valence-corrected chi connectivity index (χ0v) is 13.0. The second kappa shape index (κ2) is 6.54. The number of rotatable bonds is 6. The Kier molecular flexibility index (Phi) is 4.99. The summed E-state index contributed by atoms with van der Waals surface area (Å²) in [6.45, 7) is 2.75. The number of hydrogen-bond acceptors (Lipinski definition) is 4. The van der Waals surface area contributed by atoms with Gasteiger partial charge in [-0.3, -0.25) is 0 Å². The van der Waals surface area contributed by atoms with Crippen molar-refractivity contribution in [2.75, 3.05) is 18.9 Å². The van der Waals surface area contributed by atoms with Gasteiger partial charge in [-0.2, -0.15) is 4.31 Å². The van der Waals surface area contributed by atoms with Gasteiger partial charge in [0.25, 0.3) is 0 Å². The Balaban J connectivity index is 2.28. The van der Waals surface area contributed by atoms with Gasteiger partial charge in [0.15, 0.2) is 0 Å². The molecule has 1 saturated carbocycles. The number of nitrogens with zero attached hydrogens (tertiary/aromatic N) is 2. The van der Waals surface area contributed by atoms with Crippen LogP contribution in [0, 0.1) is 0 Å². The smallest absolute Gasteiger partial charge is 0.246 e. The minimum absolute atomic E-state index is 0.124. The predicted molar refractivity (Wildman–Crippen MR) is 80.2 cm³/mol. The summed E-state index contributed by atoms with van der Waals surface area (Å²) in [5.74, 6) is 0.458. The van der Waals surface area contributed by atoms with E-state index < -0.39 is 10.0 Å². The van der Waals surface area contributed by atoms with Gasteiger partial charge in [0, 0.05) is 25.8 Å². The van der Waals surface area contributed by atoms with Gasteiger partial charge in [-0.1, -0.05) is 19.8 Å². The number of pyridine rings is 1. The van der Waals surface area contributed by atoms with Gasteiger partial charge in [-0.05, 0) is 31.4 Å². The van der Waals surface area contributed by atoms with Crippen LogP contribution in [0.15, 0.2) is 23.2 Å². The van der Waals surface area contributed by atoms with Crippen LogP contribution in [0.1, 0.15) is 39.0 Å². The maximum atomic E-state index is 12.7. The normalized spacial score (nSPS) is 16.8. The van der Waals surface area contributed by atoms with Crippen molar-refractivity contribution >= 4 is 15.8 Å². The molecule has 1 fully saturated rings. The summed E-state index contributed by atoms with van der Waals surface area (Å²) >= 11 is 0. The van der Waals surface area contributed by atoms with Crippen molar-refractivity contribution in [3.63, 3.8) is 0 Å². The Morgan fingerprint density at radius 2 is 2.10 bits per heavy atom. The van der Waals surface area contributed by atoms with Crippen LogP contribution in [-0.2, 0) is 10.0 Å². The SMILES string of the molecule is CCCNc1ncccc1S(=O)(=O)N(C)C1CCCC1. The van der Waals surface area contributed by atoms with Crippen molar-refractivity contribution in [3.05, 3.63) is 18.3 Å². The summed E-state index contributed by atoms with van der Waals surface area (Å²) in [6, 6.07) is 3.43. The van der Waals surface area contributed by atoms with E-state index in [0.717, 1.165) is 32.1 Å². The lowest BCUT2D eigenvalue weighted by atomic mass is 10.3. The maximum Gasteiger partial charge on any atom is 0.246 e. The van der Waals surface area contributed by atoms with Crippen LogP contribution < -0.4 is 5.32 Å². The van der Waals surface area contributed by atoms with E-state index in [-0.39, 0.29) is 10.9 Å². The average molecular weight is 297 g/mol. The Morgan fingerprint density at radius 3 is 2.75 bits per heavy atom. The Morgan fingerprint density at radius 1 is 1.40 bits per heavy atom. The highest BCUT2D eigenvalue weighted by atomic mass is 32.2. The molecule has 1 heterocycles. The third kappa shape index (κ3) is 3.12. The van der Waals surface area contributed by atoms with Gasteiger partial charge < -0.3 is 5.32 Å². The molecular weight excluding hydrogens is 274 g/mol. The first-order valence-electron chi connectivity index (χ1n) is 7.24. The lowest BCUT2D eigenvalue weighted by Crippen LogP contribution is -2.35. The molecule has 5 nitrogen and oxygen atoms in total. The fourth-order valence-electron chi connectivity index (χ4n) is 2.59. The van der Waals surface area contributed by atoms with Crippen molar-refractivity contribution in [1.29, 1.82) is 0 Å². The van der Waals surface area contributed by atoms with Crippen LogP contribution in [0.3, 0.4) is 0 Å². The van der Waals surface area contributed by atoms with Gasteiger partial charge in [-0.15, -0.1) is 0 Å². The molecule has 0 aliphatic heterocycles. The molecule has 2 rings (SSSR count). The van der Waals surface area contributed by atoms with Crippen molar-refractivity contribution in [1.82, 2.24) is 9.29 Å². The van der Waals surface area contributed by atoms with Crippen LogP contribution >= 0.6 is 0 Å². The van der Waals surface area contributed by atoms with Gasteiger partial charge in [0.05, 0.1) is 0 Å². The molecule has 1 aliphatic carbocycles. The number of sulfonamides is 1. The molecule has 20 heavy (non-hydrogen) atoms. The van der Waals surface area contributed by atoms with Gasteiger partial charge in [0.2, 0.25) is 10.0 Å². The second-order valence-electron chi connectivity index (χ2n) is 5.24. The molecule has 0 bridgehead atoms. The lowest BCUT2D eigenvalue weighted by Gasteiger charge is -2.24. The summed E-state index contributed by atoms with van der Waals surface area (Å²) < 4.78 is 27.0. The molecule has 0 spiro atoms. The number of nitrogens with one attached hydrogen (secondary N) is 1. The van der Waals surface area contributed by atoms with Crippen LogP contribution in [0.25, 0.3) is 0 Å². The molecule has 0 amide bonds. The van der Waals surface area contributed by atoms with Crippen LogP contribution in [0.2, 0.25) is 0 Å². The van der Waals surface area contributed by atoms with E-state index in [4.69, 9.17) is 0 Å². The van der Waals surface area contributed by atoms with E-state index in [1.54, 1.807) is 25.4 Å². The van der Waals surface area contributed by atoms with Crippen LogP contribution in [0.5, 0.6) is 0 Å². The highest BCUT2D eigenvalue weighted by molar-refractivity contribution is 7.89. The van der Waals surface area contributed by atoms with E-state index in [1.165, 1.54) is 4.31 Å². The first kappa shape index (κ1) is 15.3. The topological polar surface area (TPSA) is 62.3 Å². The minimum atomic E-state index is -3.48. The molecule has 112 valence electrons. The summed E-state index contributed by atoms with van der Waals surface area (Å²) in [6.07, 6.45) is 6.67. The minimum Gasteiger partial charge on any atom is -0.369 e. The molecule has 1 aromatic heterocycles. The Labute approximate surface area is 121 Å². The zero-order valence-electron chi connectivity index (χ0n) is 12.2. The molecule has 1 N–H and O–H groups in total. The van der Waals surface area contributed by atoms with Crippen LogP contribution in [-0.4, -0.2) is 37.3 Å². The van der Waals surface area contributed by atoms with Crippen molar-refractivity contribution in [2.24, 2.45) is 0 Å². The monoisotopic (exact) mass is 297 g/mol. The molecular formula is C14H23N3O2S. The molecule has 1 aromatic rings. The number of aromatic nitrogens is 1. The van der Waals surface area contributed by atoms with Crippen LogP contribution in [0.4, 0.5) is 5.82 Å². The third-order valence-corrected chi connectivity index (χ3v) is 5.75. The maximum absolute atomic E-state index is 12.7. The first-order valence-corrected chi connectivity index (χ1v) is 8.68. The highest BCUT2D eigenvalue weighted by Crippen LogP contribution is 2.29. The van der Waals surface area contributed by atoms with E-state index in [9.17, 15) is 8.42 Å². The summed E-state index contributed by atoms with van der Waals surface area (Å²) in [7, 11) is -1.79. The van der Waals surface area contributed by atoms with E-state index in [2.05, 4.69) is 10.3 Å². The summed E-state index contributed by atoms with van der Waals surface area (Å²) in [4.78, 5) is 4.45. The van der Waals surface area contributed by atoms with Crippen molar-refractivity contribution in [2.45, 2.75) is 50.0 Å². The summed E-state index contributed by atoms with van der Waals surface area (Å²) in [5, 5.41) is 3.10. The van der Waals surface area contributed by atoms with E-state index in [0.29, 0.717) is 12.4 Å².